The average Bonchev–Trinajstić information content (AvgIpc) is 3.09. The average molecular weight is 412 g/mol. The van der Waals surface area contributed by atoms with Gasteiger partial charge in [-0.1, -0.05) is 30.3 Å². The molecule has 29 heavy (non-hydrogen) atoms. The molecule has 3 aromatic heterocycles. The minimum Gasteiger partial charge on any atom is -0.480 e. The fourth-order valence-electron chi connectivity index (χ4n) is 3.13. The lowest BCUT2D eigenvalue weighted by Crippen LogP contribution is -2.32. The van der Waals surface area contributed by atoms with E-state index in [1.807, 2.05) is 30.3 Å². The molecule has 11 heteroatoms. The van der Waals surface area contributed by atoms with Gasteiger partial charge in [0.1, 0.15) is 12.4 Å². The van der Waals surface area contributed by atoms with Crippen LogP contribution in [0.25, 0.3) is 27.9 Å². The van der Waals surface area contributed by atoms with Gasteiger partial charge in [-0.2, -0.15) is 22.2 Å². The van der Waals surface area contributed by atoms with Crippen molar-refractivity contribution >= 4 is 35.4 Å². The molecule has 1 atom stereocenters. The molecule has 0 fully saturated rings. The molecular weight excluding hydrogens is 396 g/mol. The van der Waals surface area contributed by atoms with Gasteiger partial charge in [0.25, 0.3) is 5.56 Å². The topological polar surface area (TPSA) is 124 Å². The van der Waals surface area contributed by atoms with Crippen LogP contribution in [0.4, 0.5) is 0 Å². The minimum absolute atomic E-state index is 0.0734. The third-order valence-corrected chi connectivity index (χ3v) is 4.82. The molecule has 0 aliphatic carbocycles. The zero-order valence-corrected chi connectivity index (χ0v) is 16.2. The molecule has 0 bridgehead atoms. The van der Waals surface area contributed by atoms with Crippen LogP contribution in [0.3, 0.4) is 0 Å². The Balaban J connectivity index is 2.01. The molecule has 10 nitrogen and oxygen atoms in total. The van der Waals surface area contributed by atoms with Crippen molar-refractivity contribution in [1.82, 2.24) is 29.4 Å². The number of rotatable bonds is 6. The second kappa shape index (κ2) is 7.60. The molecule has 0 saturated heterocycles. The largest absolute Gasteiger partial charge is 0.480 e. The first-order chi connectivity index (χ1) is 14.1. The molecule has 4 aromatic rings. The number of nitrogens with zero attached hydrogens (tertiary/aromatic N) is 6. The number of methoxy groups -OCH3 is 1. The number of hydrogen-bond acceptors (Lipinski definition) is 8. The third kappa shape index (κ3) is 3.13. The summed E-state index contributed by atoms with van der Waals surface area (Å²) in [5.41, 5.74) is 2.10. The summed E-state index contributed by atoms with van der Waals surface area (Å²) in [5.74, 6) is -1.26. The van der Waals surface area contributed by atoms with Crippen LogP contribution in [0.2, 0.25) is 0 Å². The summed E-state index contributed by atoms with van der Waals surface area (Å²) in [6.07, 6.45) is 1.17. The maximum absolute atomic E-state index is 12.8. The van der Waals surface area contributed by atoms with Gasteiger partial charge in [-0.25, -0.2) is 9.78 Å². The summed E-state index contributed by atoms with van der Waals surface area (Å²) < 4.78 is 7.68. The van der Waals surface area contributed by atoms with E-state index in [1.165, 1.54) is 10.8 Å². The van der Waals surface area contributed by atoms with Crippen molar-refractivity contribution in [2.45, 2.75) is 12.6 Å². The van der Waals surface area contributed by atoms with Gasteiger partial charge in [0.05, 0.1) is 17.9 Å². The number of thiol groups is 1. The molecule has 1 aromatic carbocycles. The normalized spacial score (nSPS) is 12.5. The van der Waals surface area contributed by atoms with Crippen LogP contribution >= 0.6 is 12.6 Å². The molecule has 0 saturated carbocycles. The lowest BCUT2D eigenvalue weighted by Gasteiger charge is -2.12. The third-order valence-electron chi connectivity index (χ3n) is 4.47. The zero-order chi connectivity index (χ0) is 20.5. The predicted octanol–water partition coefficient (Wildman–Crippen LogP) is 1.20. The molecule has 0 amide bonds. The number of carboxylic acids is 1. The van der Waals surface area contributed by atoms with E-state index in [0.29, 0.717) is 11.3 Å². The SMILES string of the molecule is COCc1nn2c(nnc3c(=O)n(C(CS)C(=O)O)cnc32)c1-c1ccccc1. The predicted molar refractivity (Wildman–Crippen MR) is 107 cm³/mol. The quantitative estimate of drug-likeness (QED) is 0.453. The molecule has 0 radical (unpaired) electrons. The van der Waals surface area contributed by atoms with Gasteiger partial charge in [0, 0.05) is 12.9 Å². The van der Waals surface area contributed by atoms with Crippen LogP contribution in [-0.4, -0.2) is 53.3 Å². The van der Waals surface area contributed by atoms with Gasteiger partial charge in [0.15, 0.2) is 16.8 Å². The summed E-state index contributed by atoms with van der Waals surface area (Å²) in [4.78, 5) is 28.5. The smallest absolute Gasteiger partial charge is 0.327 e. The van der Waals surface area contributed by atoms with Crippen LogP contribution in [0.5, 0.6) is 0 Å². The number of hydrogen-bond donors (Lipinski definition) is 2. The van der Waals surface area contributed by atoms with E-state index in [2.05, 4.69) is 32.9 Å². The van der Waals surface area contributed by atoms with Gasteiger partial charge in [-0.05, 0) is 5.56 Å². The summed E-state index contributed by atoms with van der Waals surface area (Å²) in [6, 6.07) is 8.35. The van der Waals surface area contributed by atoms with E-state index >= 15 is 0 Å². The van der Waals surface area contributed by atoms with Gasteiger partial charge in [0.2, 0.25) is 0 Å². The highest BCUT2D eigenvalue weighted by Gasteiger charge is 2.24. The van der Waals surface area contributed by atoms with Gasteiger partial charge in [-0.3, -0.25) is 9.36 Å². The Kier molecular flexibility index (Phi) is 4.99. The highest BCUT2D eigenvalue weighted by atomic mass is 32.1. The summed E-state index contributed by atoms with van der Waals surface area (Å²) >= 11 is 4.01. The molecule has 4 rings (SSSR count). The number of fused-ring (bicyclic) bond motifs is 3. The first kappa shape index (κ1) is 19.0. The van der Waals surface area contributed by atoms with Crippen molar-refractivity contribution < 1.29 is 14.6 Å². The summed E-state index contributed by atoms with van der Waals surface area (Å²) in [5, 5.41) is 22.1. The maximum atomic E-state index is 12.8. The Hall–Kier alpha value is -3.31. The Morgan fingerprint density at radius 2 is 2.00 bits per heavy atom. The Bertz CT molecular complexity index is 1270. The standard InChI is InChI=1S/C18H16N6O4S/c1-28-7-11-13(10-5-3-2-4-6-10)15-21-20-14-16(24(15)22-11)19-9-23(17(14)25)12(8-29)18(26)27/h2-6,9,12,29H,7-8H2,1H3,(H,26,27). The van der Waals surface area contributed by atoms with Crippen molar-refractivity contribution in [3.05, 3.63) is 52.7 Å². The zero-order valence-electron chi connectivity index (χ0n) is 15.3. The molecule has 1 N–H and O–H groups in total. The lowest BCUT2D eigenvalue weighted by molar-refractivity contribution is -0.140. The van der Waals surface area contributed by atoms with E-state index in [0.717, 1.165) is 15.7 Å². The maximum Gasteiger partial charge on any atom is 0.327 e. The number of aliphatic carboxylic acids is 1. The fraction of sp³-hybridized carbons (Fsp3) is 0.222. The van der Waals surface area contributed by atoms with Gasteiger partial charge in [-0.15, -0.1) is 10.2 Å². The van der Waals surface area contributed by atoms with Gasteiger partial charge < -0.3 is 9.84 Å². The van der Waals surface area contributed by atoms with Crippen molar-refractivity contribution in [3.8, 4) is 11.1 Å². The van der Waals surface area contributed by atoms with Crippen molar-refractivity contribution in [1.29, 1.82) is 0 Å². The van der Waals surface area contributed by atoms with Crippen LogP contribution in [0.1, 0.15) is 11.7 Å². The van der Waals surface area contributed by atoms with Crippen LogP contribution in [-0.2, 0) is 16.1 Å². The minimum atomic E-state index is -1.19. The molecule has 0 aliphatic heterocycles. The summed E-state index contributed by atoms with van der Waals surface area (Å²) in [6.45, 7) is 0.229. The van der Waals surface area contributed by atoms with Gasteiger partial charge >= 0.3 is 5.97 Å². The second-order valence-corrected chi connectivity index (χ2v) is 6.59. The number of ether oxygens (including phenoxy) is 1. The highest BCUT2D eigenvalue weighted by molar-refractivity contribution is 7.80. The van der Waals surface area contributed by atoms with E-state index in [9.17, 15) is 14.7 Å². The van der Waals surface area contributed by atoms with Crippen LogP contribution < -0.4 is 5.56 Å². The highest BCUT2D eigenvalue weighted by Crippen LogP contribution is 2.28. The first-order valence-corrected chi connectivity index (χ1v) is 9.23. The van der Waals surface area contributed by atoms with E-state index in [1.54, 1.807) is 7.11 Å². The van der Waals surface area contributed by atoms with Crippen LogP contribution in [0.15, 0.2) is 41.5 Å². The Labute approximate surface area is 169 Å². The molecule has 148 valence electrons. The molecule has 0 aliphatic rings. The van der Waals surface area contributed by atoms with Crippen molar-refractivity contribution in [2.24, 2.45) is 0 Å². The number of carboxylic acid groups (broad SMARTS) is 1. The molecule has 3 heterocycles. The number of aromatic nitrogens is 6. The fourth-order valence-corrected chi connectivity index (χ4v) is 3.46. The lowest BCUT2D eigenvalue weighted by atomic mass is 10.1. The van der Waals surface area contributed by atoms with Crippen molar-refractivity contribution in [3.63, 3.8) is 0 Å². The number of benzene rings is 1. The Morgan fingerprint density at radius 3 is 2.66 bits per heavy atom. The first-order valence-electron chi connectivity index (χ1n) is 8.60. The van der Waals surface area contributed by atoms with Crippen molar-refractivity contribution in [2.75, 3.05) is 12.9 Å². The molecule has 0 spiro atoms. The van der Waals surface area contributed by atoms with Crippen LogP contribution in [0, 0.1) is 0 Å². The molecular formula is C18H16N6O4S. The second-order valence-electron chi connectivity index (χ2n) is 6.22. The van der Waals surface area contributed by atoms with E-state index in [4.69, 9.17) is 4.74 Å². The molecule has 1 unspecified atom stereocenters. The Morgan fingerprint density at radius 1 is 1.24 bits per heavy atom. The monoisotopic (exact) mass is 412 g/mol. The summed E-state index contributed by atoms with van der Waals surface area (Å²) in [7, 11) is 1.56. The van der Waals surface area contributed by atoms with E-state index in [-0.39, 0.29) is 23.5 Å². The number of carbonyl (C=O) groups is 1. The van der Waals surface area contributed by atoms with E-state index < -0.39 is 17.6 Å².